The number of terminal acetylenes is 1. The van der Waals surface area contributed by atoms with E-state index in [1.807, 2.05) is 33.0 Å². The highest BCUT2D eigenvalue weighted by Gasteiger charge is 2.23. The normalized spacial score (nSPS) is 19.4. The maximum Gasteiger partial charge on any atom is 0.258 e. The molecular formula is C42H61N5O3S. The van der Waals surface area contributed by atoms with E-state index >= 15 is 0 Å². The Labute approximate surface area is 312 Å². The first-order valence-corrected chi connectivity index (χ1v) is 19.0. The summed E-state index contributed by atoms with van der Waals surface area (Å²) in [6.07, 6.45) is 23.9. The van der Waals surface area contributed by atoms with Crippen molar-refractivity contribution in [1.82, 2.24) is 20.0 Å². The second kappa shape index (κ2) is 26.5. The zero-order valence-corrected chi connectivity index (χ0v) is 32.7. The van der Waals surface area contributed by atoms with Crippen molar-refractivity contribution in [3.8, 4) is 12.3 Å². The van der Waals surface area contributed by atoms with Crippen LogP contribution in [0.25, 0.3) is 0 Å². The highest BCUT2D eigenvalue weighted by Crippen LogP contribution is 2.28. The van der Waals surface area contributed by atoms with E-state index in [0.29, 0.717) is 40.6 Å². The first kappa shape index (κ1) is 44.8. The van der Waals surface area contributed by atoms with Crippen LogP contribution in [0.2, 0.25) is 0 Å². The Morgan fingerprint density at radius 1 is 1.06 bits per heavy atom. The van der Waals surface area contributed by atoms with E-state index in [1.165, 1.54) is 44.1 Å². The van der Waals surface area contributed by atoms with Crippen molar-refractivity contribution in [3.05, 3.63) is 101 Å². The summed E-state index contributed by atoms with van der Waals surface area (Å²) in [5, 5.41) is 6.02. The van der Waals surface area contributed by atoms with Gasteiger partial charge in [-0.25, -0.2) is 0 Å². The molecule has 1 unspecified atom stereocenters. The third-order valence-corrected chi connectivity index (χ3v) is 9.03. The molecule has 1 aromatic carbocycles. The number of benzene rings is 1. The van der Waals surface area contributed by atoms with E-state index in [-0.39, 0.29) is 17.7 Å². The fourth-order valence-corrected chi connectivity index (χ4v) is 6.43. The number of thioether (sulfide) groups is 1. The van der Waals surface area contributed by atoms with Crippen LogP contribution in [0, 0.1) is 18.3 Å². The van der Waals surface area contributed by atoms with Crippen LogP contribution in [0.3, 0.4) is 0 Å². The van der Waals surface area contributed by atoms with E-state index in [2.05, 4.69) is 60.4 Å². The van der Waals surface area contributed by atoms with Gasteiger partial charge in [0, 0.05) is 66.3 Å². The molecule has 9 heteroatoms. The SMILES string of the molecule is C#CC1/C=C(/C=O)SCC(/C=C\C)=C(/C=C)N(C(=O)c2ccc(NC(=O)/C=C(/NC)N(CCC)CCC)cc2)CC1.C=CC.CN1CCCCC1. The van der Waals surface area contributed by atoms with E-state index in [9.17, 15) is 14.4 Å². The van der Waals surface area contributed by atoms with Crippen LogP contribution in [0.15, 0.2) is 95.9 Å². The second-order valence-corrected chi connectivity index (χ2v) is 13.3. The monoisotopic (exact) mass is 715 g/mol. The van der Waals surface area contributed by atoms with Gasteiger partial charge in [0.15, 0.2) is 6.29 Å². The Morgan fingerprint density at radius 2 is 1.69 bits per heavy atom. The molecule has 1 saturated heterocycles. The predicted molar refractivity (Wildman–Crippen MR) is 218 cm³/mol. The number of hydrogen-bond acceptors (Lipinski definition) is 7. The molecule has 0 aliphatic carbocycles. The van der Waals surface area contributed by atoms with Gasteiger partial charge in [-0.3, -0.25) is 14.4 Å². The van der Waals surface area contributed by atoms with Crippen molar-refractivity contribution < 1.29 is 14.4 Å². The minimum Gasteiger partial charge on any atom is -0.375 e. The van der Waals surface area contributed by atoms with E-state index in [4.69, 9.17) is 6.42 Å². The number of amides is 2. The number of anilines is 1. The van der Waals surface area contributed by atoms with Gasteiger partial charge in [-0.15, -0.1) is 24.8 Å². The summed E-state index contributed by atoms with van der Waals surface area (Å²) in [5.74, 6) is 3.23. The number of nitrogens with zero attached hydrogens (tertiary/aromatic N) is 3. The summed E-state index contributed by atoms with van der Waals surface area (Å²) < 4.78 is 0. The third-order valence-electron chi connectivity index (χ3n) is 8.01. The van der Waals surface area contributed by atoms with Crippen LogP contribution in [-0.4, -0.2) is 85.4 Å². The lowest BCUT2D eigenvalue weighted by Crippen LogP contribution is -2.33. The Kier molecular flexibility index (Phi) is 23.3. The number of piperidine rings is 1. The second-order valence-electron chi connectivity index (χ2n) is 12.2. The van der Waals surface area contributed by atoms with E-state index in [1.54, 1.807) is 53.5 Å². The number of hydrogen-bond donors (Lipinski definition) is 2. The Balaban J connectivity index is 0.00000112. The third kappa shape index (κ3) is 16.5. The topological polar surface area (TPSA) is 85.0 Å². The highest BCUT2D eigenvalue weighted by molar-refractivity contribution is 8.04. The molecule has 8 nitrogen and oxygen atoms in total. The molecule has 2 heterocycles. The summed E-state index contributed by atoms with van der Waals surface area (Å²) in [5.41, 5.74) is 2.61. The molecule has 1 fully saturated rings. The molecule has 0 saturated carbocycles. The molecule has 0 aromatic heterocycles. The summed E-state index contributed by atoms with van der Waals surface area (Å²) in [6.45, 7) is 20.1. The van der Waals surface area contributed by atoms with Gasteiger partial charge in [-0.2, -0.15) is 0 Å². The van der Waals surface area contributed by atoms with Crippen molar-refractivity contribution in [1.29, 1.82) is 0 Å². The van der Waals surface area contributed by atoms with Crippen LogP contribution >= 0.6 is 11.8 Å². The van der Waals surface area contributed by atoms with Crippen molar-refractivity contribution >= 4 is 35.5 Å². The average Bonchev–Trinajstić information content (AvgIpc) is 3.13. The van der Waals surface area contributed by atoms with E-state index in [0.717, 1.165) is 43.6 Å². The standard InChI is InChI=1S/C33H42N4O3S.C6H13N.C3H6/c1-7-12-27-24-41-29(23-38)21-25(10-4)17-20-37(30(27)11-5)33(40)26-13-15-28(16-14-26)35-32(39)22-31(34-6)36(18-8-2)19-9-3;1-7-5-3-2-4-6-7;1-3-2/h4,7,11-16,21-23,25,34H,5,8-9,17-20,24H2,1-3,6H3,(H,35,39);2-6H2,1H3;3H,1H2,2H3/b12-7-,29-21-,30-27-,31-22-;;. The van der Waals surface area contributed by atoms with Gasteiger partial charge in [0.25, 0.3) is 11.8 Å². The van der Waals surface area contributed by atoms with Crippen molar-refractivity contribution in [2.24, 2.45) is 5.92 Å². The molecule has 0 spiro atoms. The fraction of sp³-hybridized carbons (Fsp3) is 0.452. The number of rotatable bonds is 12. The van der Waals surface area contributed by atoms with Crippen molar-refractivity contribution in [3.63, 3.8) is 0 Å². The molecule has 278 valence electrons. The lowest BCUT2D eigenvalue weighted by atomic mass is 10.0. The first-order valence-electron chi connectivity index (χ1n) is 18.0. The zero-order chi connectivity index (χ0) is 38.0. The van der Waals surface area contributed by atoms with Crippen molar-refractivity contribution in [2.45, 2.75) is 66.2 Å². The summed E-state index contributed by atoms with van der Waals surface area (Å²) in [4.78, 5) is 45.0. The summed E-state index contributed by atoms with van der Waals surface area (Å²) >= 11 is 1.39. The molecular weight excluding hydrogens is 655 g/mol. The predicted octanol–water partition coefficient (Wildman–Crippen LogP) is 8.03. The minimum absolute atomic E-state index is 0.201. The molecule has 2 N–H and O–H groups in total. The molecule has 0 radical (unpaired) electrons. The number of nitrogens with one attached hydrogen (secondary N) is 2. The van der Waals surface area contributed by atoms with Gasteiger partial charge in [0.1, 0.15) is 5.82 Å². The number of allylic oxidation sites excluding steroid dienone is 6. The maximum absolute atomic E-state index is 13.8. The van der Waals surface area contributed by atoms with Gasteiger partial charge >= 0.3 is 0 Å². The summed E-state index contributed by atoms with van der Waals surface area (Å²) in [6, 6.07) is 6.85. The number of likely N-dealkylation sites (tertiary alicyclic amines) is 1. The average molecular weight is 716 g/mol. The van der Waals surface area contributed by atoms with Gasteiger partial charge in [0.2, 0.25) is 0 Å². The smallest absolute Gasteiger partial charge is 0.258 e. The lowest BCUT2D eigenvalue weighted by Gasteiger charge is -2.28. The number of carbonyl (C=O) groups excluding carboxylic acids is 3. The molecule has 3 rings (SSSR count). The fourth-order valence-electron chi connectivity index (χ4n) is 5.54. The van der Waals surface area contributed by atoms with Gasteiger partial charge in [0.05, 0.1) is 0 Å². The Hall–Kier alpha value is -4.26. The maximum atomic E-state index is 13.8. The van der Waals surface area contributed by atoms with Crippen molar-refractivity contribution in [2.75, 3.05) is 57.9 Å². The van der Waals surface area contributed by atoms with Crippen LogP contribution < -0.4 is 10.6 Å². The largest absolute Gasteiger partial charge is 0.375 e. The number of carbonyl (C=O) groups is 3. The zero-order valence-electron chi connectivity index (χ0n) is 31.9. The minimum atomic E-state index is -0.286. The first-order chi connectivity index (χ1) is 24.7. The molecule has 1 aromatic rings. The van der Waals surface area contributed by atoms with Gasteiger partial charge < -0.3 is 25.3 Å². The quantitative estimate of drug-likeness (QED) is 0.0982. The molecule has 2 amide bonds. The molecule has 2 aliphatic heterocycles. The van der Waals surface area contributed by atoms with Crippen LogP contribution in [0.5, 0.6) is 0 Å². The van der Waals surface area contributed by atoms with Crippen LogP contribution in [0.1, 0.15) is 76.6 Å². The molecule has 0 bridgehead atoms. The Bertz CT molecular complexity index is 1410. The van der Waals surface area contributed by atoms with Crippen LogP contribution in [0.4, 0.5) is 5.69 Å². The molecule has 51 heavy (non-hydrogen) atoms. The number of aldehydes is 1. The van der Waals surface area contributed by atoms with E-state index < -0.39 is 0 Å². The molecule has 2 aliphatic rings. The van der Waals surface area contributed by atoms with Gasteiger partial charge in [-0.05, 0) is 102 Å². The molecule has 1 atom stereocenters. The lowest BCUT2D eigenvalue weighted by molar-refractivity contribution is -0.112. The van der Waals surface area contributed by atoms with Crippen LogP contribution in [-0.2, 0) is 9.59 Å². The summed E-state index contributed by atoms with van der Waals surface area (Å²) in [7, 11) is 4.00. The van der Waals surface area contributed by atoms with Gasteiger partial charge in [-0.1, -0.05) is 57.1 Å². The highest BCUT2D eigenvalue weighted by atomic mass is 32.2. The Morgan fingerprint density at radius 3 is 2.16 bits per heavy atom.